The van der Waals surface area contributed by atoms with Crippen molar-refractivity contribution >= 4 is 0 Å². The van der Waals surface area contributed by atoms with Gasteiger partial charge in [0, 0.05) is 12.6 Å². The fourth-order valence-electron chi connectivity index (χ4n) is 8.96. The van der Waals surface area contributed by atoms with Gasteiger partial charge in [0.2, 0.25) is 0 Å². The van der Waals surface area contributed by atoms with Crippen LogP contribution in [0, 0.1) is 40.9 Å². The molecule has 4 saturated carbocycles. The zero-order valence-corrected chi connectivity index (χ0v) is 19.4. The van der Waals surface area contributed by atoms with E-state index < -0.39 is 5.60 Å². The predicted octanol–water partition coefficient (Wildman–Crippen LogP) is 6.18. The van der Waals surface area contributed by atoms with E-state index in [0.29, 0.717) is 11.5 Å². The highest BCUT2D eigenvalue weighted by molar-refractivity contribution is 5.15. The molecule has 2 heteroatoms. The van der Waals surface area contributed by atoms with Crippen molar-refractivity contribution in [1.29, 1.82) is 0 Å². The molecule has 5 rings (SSSR count). The van der Waals surface area contributed by atoms with Gasteiger partial charge in [-0.15, -0.1) is 0 Å². The maximum Gasteiger partial charge on any atom is 0.0622 e. The lowest BCUT2D eigenvalue weighted by atomic mass is 9.49. The summed E-state index contributed by atoms with van der Waals surface area (Å²) in [6.45, 7) is 8.19. The molecule has 9 atom stereocenters. The van der Waals surface area contributed by atoms with Gasteiger partial charge in [0.05, 0.1) is 5.60 Å². The smallest absolute Gasteiger partial charge is 0.0622 e. The molecule has 4 aliphatic rings. The minimum absolute atomic E-state index is 0.393. The fourth-order valence-corrected chi connectivity index (χ4v) is 8.96. The maximum absolute atomic E-state index is 10.6. The zero-order chi connectivity index (χ0) is 20.9. The topological polar surface area (TPSA) is 32.3 Å². The molecule has 0 radical (unpaired) electrons. The Morgan fingerprint density at radius 2 is 1.70 bits per heavy atom. The second-order valence-electron chi connectivity index (χ2n) is 12.1. The minimum Gasteiger partial charge on any atom is -0.390 e. The standard InChI is InChI=1S/C28H43NO/c1-19(29-18-20-7-5-4-6-8-20)25-11-12-26-24-10-9-21-17-27(2,30)15-13-22(21)23(24)14-16-28(25,26)3/h4-8,19,21-26,29-30H,9-18H2,1-3H3/t19-,21?,22-,23+,24+,25+,26-,27+,28+/m0/s1. The fraction of sp³-hybridized carbons (Fsp3) is 0.786. The maximum atomic E-state index is 10.6. The molecule has 0 saturated heterocycles. The summed E-state index contributed by atoms with van der Waals surface area (Å²) in [4.78, 5) is 0. The van der Waals surface area contributed by atoms with Gasteiger partial charge in [0.25, 0.3) is 0 Å². The second-order valence-corrected chi connectivity index (χ2v) is 12.1. The Kier molecular flexibility index (Phi) is 5.55. The van der Waals surface area contributed by atoms with Crippen molar-refractivity contribution in [3.8, 4) is 0 Å². The molecular formula is C28H43NO. The van der Waals surface area contributed by atoms with Crippen LogP contribution in [-0.2, 0) is 6.54 Å². The SMILES string of the molecule is C[C@H](NCc1ccccc1)[C@H]1CC[C@H]2[C@@H]3CCC4C[C@](C)(O)CC[C@@H]4[C@H]3CC[C@]12C. The number of aliphatic hydroxyl groups is 1. The van der Waals surface area contributed by atoms with Gasteiger partial charge in [-0.1, -0.05) is 37.3 Å². The van der Waals surface area contributed by atoms with Crippen LogP contribution in [0.1, 0.15) is 84.1 Å². The summed E-state index contributed by atoms with van der Waals surface area (Å²) in [6.07, 6.45) is 11.9. The summed E-state index contributed by atoms with van der Waals surface area (Å²) in [5.41, 5.74) is 1.53. The van der Waals surface area contributed by atoms with E-state index in [4.69, 9.17) is 0 Å². The minimum atomic E-state index is -0.393. The first-order chi connectivity index (χ1) is 14.4. The van der Waals surface area contributed by atoms with Gasteiger partial charge in [0.15, 0.2) is 0 Å². The van der Waals surface area contributed by atoms with Crippen molar-refractivity contribution in [3.05, 3.63) is 35.9 Å². The van der Waals surface area contributed by atoms with E-state index in [2.05, 4.69) is 56.4 Å². The largest absolute Gasteiger partial charge is 0.390 e. The van der Waals surface area contributed by atoms with Crippen LogP contribution in [0.25, 0.3) is 0 Å². The second kappa shape index (κ2) is 7.93. The average molecular weight is 410 g/mol. The van der Waals surface area contributed by atoms with Gasteiger partial charge in [-0.3, -0.25) is 0 Å². The lowest BCUT2D eigenvalue weighted by Crippen LogP contribution is -2.52. The van der Waals surface area contributed by atoms with Crippen LogP contribution in [0.15, 0.2) is 30.3 Å². The highest BCUT2D eigenvalue weighted by Crippen LogP contribution is 2.65. The number of rotatable bonds is 4. The quantitative estimate of drug-likeness (QED) is 0.622. The molecule has 4 fully saturated rings. The summed E-state index contributed by atoms with van der Waals surface area (Å²) >= 11 is 0. The van der Waals surface area contributed by atoms with Crippen LogP contribution in [0.5, 0.6) is 0 Å². The zero-order valence-electron chi connectivity index (χ0n) is 19.4. The molecule has 30 heavy (non-hydrogen) atoms. The first-order valence-corrected chi connectivity index (χ1v) is 12.9. The predicted molar refractivity (Wildman–Crippen MR) is 124 cm³/mol. The number of fused-ring (bicyclic) bond motifs is 5. The van der Waals surface area contributed by atoms with Gasteiger partial charge >= 0.3 is 0 Å². The number of hydrogen-bond donors (Lipinski definition) is 2. The monoisotopic (exact) mass is 409 g/mol. The van der Waals surface area contributed by atoms with Crippen molar-refractivity contribution < 1.29 is 5.11 Å². The van der Waals surface area contributed by atoms with E-state index in [0.717, 1.165) is 54.9 Å². The van der Waals surface area contributed by atoms with E-state index in [1.54, 1.807) is 0 Å². The average Bonchev–Trinajstić information content (AvgIpc) is 3.09. The van der Waals surface area contributed by atoms with Gasteiger partial charge in [-0.25, -0.2) is 0 Å². The molecule has 1 aromatic carbocycles. The van der Waals surface area contributed by atoms with E-state index in [1.165, 1.54) is 50.5 Å². The van der Waals surface area contributed by atoms with Crippen molar-refractivity contribution in [2.24, 2.45) is 40.9 Å². The third-order valence-corrected chi connectivity index (χ3v) is 10.4. The molecule has 2 nitrogen and oxygen atoms in total. The summed E-state index contributed by atoms with van der Waals surface area (Å²) in [7, 11) is 0. The van der Waals surface area contributed by atoms with Crippen molar-refractivity contribution in [2.45, 2.75) is 96.7 Å². The molecule has 166 valence electrons. The summed E-state index contributed by atoms with van der Waals surface area (Å²) in [5.74, 6) is 5.36. The Morgan fingerprint density at radius 1 is 0.933 bits per heavy atom. The van der Waals surface area contributed by atoms with Crippen molar-refractivity contribution in [2.75, 3.05) is 0 Å². The molecule has 1 aromatic rings. The van der Waals surface area contributed by atoms with Crippen LogP contribution in [0.3, 0.4) is 0 Å². The number of hydrogen-bond acceptors (Lipinski definition) is 2. The van der Waals surface area contributed by atoms with Gasteiger partial charge < -0.3 is 10.4 Å². The first-order valence-electron chi connectivity index (χ1n) is 12.9. The number of benzene rings is 1. The molecule has 1 unspecified atom stereocenters. The summed E-state index contributed by atoms with van der Waals surface area (Å²) in [5, 5.41) is 14.5. The lowest BCUT2D eigenvalue weighted by Gasteiger charge is -2.57. The Labute approximate surface area is 184 Å². The van der Waals surface area contributed by atoms with Gasteiger partial charge in [0.1, 0.15) is 0 Å². The Balaban J connectivity index is 1.26. The van der Waals surface area contributed by atoms with E-state index in [9.17, 15) is 5.11 Å². The third kappa shape index (κ3) is 3.66. The molecule has 0 aromatic heterocycles. The van der Waals surface area contributed by atoms with Crippen LogP contribution in [0.4, 0.5) is 0 Å². The van der Waals surface area contributed by atoms with E-state index in [1.807, 2.05) is 0 Å². The van der Waals surface area contributed by atoms with Crippen LogP contribution >= 0.6 is 0 Å². The lowest BCUT2D eigenvalue weighted by molar-refractivity contribution is -0.101. The summed E-state index contributed by atoms with van der Waals surface area (Å²) in [6, 6.07) is 11.5. The van der Waals surface area contributed by atoms with E-state index >= 15 is 0 Å². The molecular weight excluding hydrogens is 366 g/mol. The Bertz CT molecular complexity index is 729. The highest BCUT2D eigenvalue weighted by atomic mass is 16.3. The van der Waals surface area contributed by atoms with Crippen LogP contribution < -0.4 is 5.32 Å². The molecule has 0 aliphatic heterocycles. The molecule has 2 N–H and O–H groups in total. The Morgan fingerprint density at radius 3 is 2.50 bits per heavy atom. The first kappa shape index (κ1) is 21.0. The summed E-state index contributed by atoms with van der Waals surface area (Å²) < 4.78 is 0. The van der Waals surface area contributed by atoms with E-state index in [-0.39, 0.29) is 0 Å². The van der Waals surface area contributed by atoms with Crippen molar-refractivity contribution in [3.63, 3.8) is 0 Å². The van der Waals surface area contributed by atoms with Gasteiger partial charge in [-0.05, 0) is 118 Å². The van der Waals surface area contributed by atoms with Crippen LogP contribution in [-0.4, -0.2) is 16.7 Å². The molecule has 0 spiro atoms. The van der Waals surface area contributed by atoms with Crippen LogP contribution in [0.2, 0.25) is 0 Å². The molecule has 4 aliphatic carbocycles. The Hall–Kier alpha value is -0.860. The molecule has 0 amide bonds. The molecule has 0 heterocycles. The third-order valence-electron chi connectivity index (χ3n) is 10.4. The highest BCUT2D eigenvalue weighted by Gasteiger charge is 2.58. The van der Waals surface area contributed by atoms with Crippen molar-refractivity contribution in [1.82, 2.24) is 5.32 Å². The van der Waals surface area contributed by atoms with Gasteiger partial charge in [-0.2, -0.15) is 0 Å². The molecule has 0 bridgehead atoms. The normalized spacial score (nSPS) is 46.5. The number of nitrogens with one attached hydrogen (secondary N) is 1.